The first kappa shape index (κ1) is 16.0. The van der Waals surface area contributed by atoms with Gasteiger partial charge >= 0.3 is 5.97 Å². The van der Waals surface area contributed by atoms with Gasteiger partial charge in [0.15, 0.2) is 6.04 Å². The number of nitrogens with zero attached hydrogens (tertiary/aromatic N) is 1. The third kappa shape index (κ3) is 4.89. The zero-order chi connectivity index (χ0) is 15.0. The summed E-state index contributed by atoms with van der Waals surface area (Å²) in [5.74, 6) is -0.475. The van der Waals surface area contributed by atoms with Crippen LogP contribution < -0.4 is 10.5 Å². The molecule has 0 aliphatic heterocycles. The monoisotopic (exact) mass is 280 g/mol. The summed E-state index contributed by atoms with van der Waals surface area (Å²) < 4.78 is 10.2. The Labute approximate surface area is 118 Å². The van der Waals surface area contributed by atoms with Crippen LogP contribution >= 0.6 is 0 Å². The molecule has 0 heterocycles. The van der Waals surface area contributed by atoms with Crippen molar-refractivity contribution in [3.05, 3.63) is 30.3 Å². The standard InChI is InChI=1S/C14H20N2O4/c1-3-19-14(18)12(15)13(17)16(2)9-10-20-11-7-5-4-6-8-11/h4-8,12H,3,9-10,15H2,1-2H3. The van der Waals surface area contributed by atoms with Crippen LogP contribution in [0.3, 0.4) is 0 Å². The van der Waals surface area contributed by atoms with Crippen LogP contribution in [-0.2, 0) is 14.3 Å². The van der Waals surface area contributed by atoms with Gasteiger partial charge in [0, 0.05) is 7.05 Å². The van der Waals surface area contributed by atoms with Gasteiger partial charge in [-0.05, 0) is 19.1 Å². The summed E-state index contributed by atoms with van der Waals surface area (Å²) in [6, 6.07) is 7.98. The van der Waals surface area contributed by atoms with Crippen LogP contribution in [0, 0.1) is 0 Å². The lowest BCUT2D eigenvalue weighted by Gasteiger charge is -2.20. The number of benzene rings is 1. The van der Waals surface area contributed by atoms with Crippen LogP contribution in [-0.4, -0.2) is 49.6 Å². The van der Waals surface area contributed by atoms with E-state index in [0.717, 1.165) is 5.75 Å². The van der Waals surface area contributed by atoms with E-state index in [1.807, 2.05) is 30.3 Å². The molecule has 1 unspecified atom stereocenters. The second kappa shape index (κ2) is 8.16. The summed E-state index contributed by atoms with van der Waals surface area (Å²) in [5.41, 5.74) is 5.52. The van der Waals surface area contributed by atoms with Gasteiger partial charge in [0.1, 0.15) is 12.4 Å². The molecule has 0 bridgehead atoms. The van der Waals surface area contributed by atoms with Crippen molar-refractivity contribution in [1.29, 1.82) is 0 Å². The number of ether oxygens (including phenoxy) is 2. The van der Waals surface area contributed by atoms with Gasteiger partial charge in [-0.2, -0.15) is 0 Å². The summed E-state index contributed by atoms with van der Waals surface area (Å²) in [7, 11) is 1.57. The van der Waals surface area contributed by atoms with Gasteiger partial charge in [0.2, 0.25) is 0 Å². The molecule has 1 aromatic rings. The van der Waals surface area contributed by atoms with Crippen molar-refractivity contribution >= 4 is 11.9 Å². The fourth-order valence-electron chi connectivity index (χ4n) is 1.50. The van der Waals surface area contributed by atoms with E-state index in [-0.39, 0.29) is 6.61 Å². The van der Waals surface area contributed by atoms with Crippen LogP contribution in [0.2, 0.25) is 0 Å². The Morgan fingerprint density at radius 1 is 1.30 bits per heavy atom. The Hall–Kier alpha value is -2.08. The number of para-hydroxylation sites is 1. The van der Waals surface area contributed by atoms with E-state index in [9.17, 15) is 9.59 Å². The van der Waals surface area contributed by atoms with Crippen molar-refractivity contribution < 1.29 is 19.1 Å². The van der Waals surface area contributed by atoms with Crippen molar-refractivity contribution in [1.82, 2.24) is 4.90 Å². The minimum atomic E-state index is -1.28. The number of likely N-dealkylation sites (N-methyl/N-ethyl adjacent to an activating group) is 1. The molecule has 20 heavy (non-hydrogen) atoms. The predicted octanol–water partition coefficient (Wildman–Crippen LogP) is 0.414. The van der Waals surface area contributed by atoms with Crippen molar-refractivity contribution in [3.8, 4) is 5.75 Å². The molecule has 0 fully saturated rings. The van der Waals surface area contributed by atoms with Crippen LogP contribution in [0.15, 0.2) is 30.3 Å². The number of nitrogens with two attached hydrogens (primary N) is 1. The third-order valence-electron chi connectivity index (χ3n) is 2.62. The molecule has 0 aromatic heterocycles. The molecule has 1 atom stereocenters. The normalized spacial score (nSPS) is 11.6. The summed E-state index contributed by atoms with van der Waals surface area (Å²) in [5, 5.41) is 0. The number of hydrogen-bond acceptors (Lipinski definition) is 5. The largest absolute Gasteiger partial charge is 0.492 e. The first-order chi connectivity index (χ1) is 9.56. The predicted molar refractivity (Wildman–Crippen MR) is 74.2 cm³/mol. The molecule has 1 aromatic carbocycles. The van der Waals surface area contributed by atoms with E-state index in [1.165, 1.54) is 4.90 Å². The molecule has 0 aliphatic carbocycles. The zero-order valence-electron chi connectivity index (χ0n) is 11.7. The molecule has 1 amide bonds. The number of carbonyl (C=O) groups excluding carboxylic acids is 2. The molecular formula is C14H20N2O4. The van der Waals surface area contributed by atoms with Crippen molar-refractivity contribution in [2.75, 3.05) is 26.8 Å². The SMILES string of the molecule is CCOC(=O)C(N)C(=O)N(C)CCOc1ccccc1. The Morgan fingerprint density at radius 3 is 2.55 bits per heavy atom. The second-order valence-electron chi connectivity index (χ2n) is 4.15. The van der Waals surface area contributed by atoms with E-state index in [2.05, 4.69) is 0 Å². The maximum Gasteiger partial charge on any atom is 0.332 e. The molecule has 1 rings (SSSR count). The lowest BCUT2D eigenvalue weighted by Crippen LogP contribution is -2.48. The summed E-state index contributed by atoms with van der Waals surface area (Å²) in [4.78, 5) is 24.6. The van der Waals surface area contributed by atoms with Gasteiger partial charge in [0.25, 0.3) is 5.91 Å². The van der Waals surface area contributed by atoms with Crippen molar-refractivity contribution in [3.63, 3.8) is 0 Å². The van der Waals surface area contributed by atoms with E-state index in [0.29, 0.717) is 13.2 Å². The van der Waals surface area contributed by atoms with Crippen molar-refractivity contribution in [2.24, 2.45) is 5.73 Å². The molecule has 6 heteroatoms. The lowest BCUT2D eigenvalue weighted by molar-refractivity contribution is -0.150. The average Bonchev–Trinajstić information content (AvgIpc) is 2.47. The number of hydrogen-bond donors (Lipinski definition) is 1. The molecular weight excluding hydrogens is 260 g/mol. The van der Waals surface area contributed by atoms with Crippen LogP contribution in [0.4, 0.5) is 0 Å². The average molecular weight is 280 g/mol. The Balaban J connectivity index is 2.36. The Kier molecular flexibility index (Phi) is 6.52. The molecule has 0 radical (unpaired) electrons. The third-order valence-corrected chi connectivity index (χ3v) is 2.62. The fourth-order valence-corrected chi connectivity index (χ4v) is 1.50. The minimum Gasteiger partial charge on any atom is -0.492 e. The molecule has 0 aliphatic rings. The highest BCUT2D eigenvalue weighted by Gasteiger charge is 2.26. The number of esters is 1. The summed E-state index contributed by atoms with van der Waals surface area (Å²) in [6.07, 6.45) is 0. The maximum absolute atomic E-state index is 11.8. The molecule has 110 valence electrons. The fraction of sp³-hybridized carbons (Fsp3) is 0.429. The van der Waals surface area contributed by atoms with E-state index < -0.39 is 17.9 Å². The Bertz CT molecular complexity index is 436. The molecule has 0 spiro atoms. The van der Waals surface area contributed by atoms with Gasteiger partial charge < -0.3 is 20.1 Å². The Morgan fingerprint density at radius 2 is 1.95 bits per heavy atom. The van der Waals surface area contributed by atoms with Crippen LogP contribution in [0.25, 0.3) is 0 Å². The second-order valence-corrected chi connectivity index (χ2v) is 4.15. The highest BCUT2D eigenvalue weighted by molar-refractivity contribution is 6.01. The van der Waals surface area contributed by atoms with Gasteiger partial charge in [-0.15, -0.1) is 0 Å². The van der Waals surface area contributed by atoms with Gasteiger partial charge in [0.05, 0.1) is 13.2 Å². The van der Waals surface area contributed by atoms with Crippen LogP contribution in [0.1, 0.15) is 6.92 Å². The molecule has 2 N–H and O–H groups in total. The first-order valence-corrected chi connectivity index (χ1v) is 6.41. The first-order valence-electron chi connectivity index (χ1n) is 6.41. The van der Waals surface area contributed by atoms with Gasteiger partial charge in [-0.3, -0.25) is 4.79 Å². The number of carbonyl (C=O) groups is 2. The number of rotatable bonds is 7. The van der Waals surface area contributed by atoms with E-state index in [1.54, 1.807) is 14.0 Å². The van der Waals surface area contributed by atoms with E-state index in [4.69, 9.17) is 15.2 Å². The smallest absolute Gasteiger partial charge is 0.332 e. The van der Waals surface area contributed by atoms with Crippen molar-refractivity contribution in [2.45, 2.75) is 13.0 Å². The summed E-state index contributed by atoms with van der Waals surface area (Å²) in [6.45, 7) is 2.51. The highest BCUT2D eigenvalue weighted by atomic mass is 16.5. The highest BCUT2D eigenvalue weighted by Crippen LogP contribution is 2.07. The van der Waals surface area contributed by atoms with E-state index >= 15 is 0 Å². The maximum atomic E-state index is 11.8. The minimum absolute atomic E-state index is 0.195. The molecule has 6 nitrogen and oxygen atoms in total. The van der Waals surface area contributed by atoms with Gasteiger partial charge in [-0.25, -0.2) is 4.79 Å². The molecule has 0 saturated heterocycles. The quantitative estimate of drug-likeness (QED) is 0.578. The number of amides is 1. The summed E-state index contributed by atoms with van der Waals surface area (Å²) >= 11 is 0. The van der Waals surface area contributed by atoms with Gasteiger partial charge in [-0.1, -0.05) is 18.2 Å². The lowest BCUT2D eigenvalue weighted by atomic mass is 10.3. The van der Waals surface area contributed by atoms with Crippen LogP contribution in [0.5, 0.6) is 5.75 Å². The zero-order valence-corrected chi connectivity index (χ0v) is 11.7. The molecule has 0 saturated carbocycles. The topological polar surface area (TPSA) is 81.9 Å².